The van der Waals surface area contributed by atoms with Gasteiger partial charge in [-0.1, -0.05) is 51.5 Å². The lowest BCUT2D eigenvalue weighted by molar-refractivity contribution is -0.0205. The van der Waals surface area contributed by atoms with Crippen LogP contribution in [0.2, 0.25) is 0 Å². The summed E-state index contributed by atoms with van der Waals surface area (Å²) in [6.45, 7) is 2.28. The third kappa shape index (κ3) is 5.13. The van der Waals surface area contributed by atoms with Crippen molar-refractivity contribution in [2.45, 2.75) is 103 Å². The molecule has 3 fully saturated rings. The van der Waals surface area contributed by atoms with Crippen LogP contribution in [0.3, 0.4) is 0 Å². The summed E-state index contributed by atoms with van der Waals surface area (Å²) in [5.74, 6) is -0.363. The molecule has 1 nitrogen and oxygen atoms in total. The van der Waals surface area contributed by atoms with Gasteiger partial charge in [-0.15, -0.1) is 0 Å². The number of rotatable bonds is 10. The predicted molar refractivity (Wildman–Crippen MR) is 110 cm³/mol. The summed E-state index contributed by atoms with van der Waals surface area (Å²) in [5.41, 5.74) is 2.38. The Morgan fingerprint density at radius 2 is 1.48 bits per heavy atom. The summed E-state index contributed by atoms with van der Waals surface area (Å²) in [6.07, 6.45) is 20.4. The quantitative estimate of drug-likeness (QED) is 0.387. The van der Waals surface area contributed by atoms with E-state index in [4.69, 9.17) is 5.26 Å². The van der Waals surface area contributed by atoms with Gasteiger partial charge in [0.2, 0.25) is 0 Å². The average Bonchev–Trinajstić information content (AvgIpc) is 2.71. The van der Waals surface area contributed by atoms with Gasteiger partial charge < -0.3 is 0 Å². The SMILES string of the molecule is CCCCCCCCC12CCC(CCc3ccc(C#N)c(F)c3)(CC1)CC2. The molecule has 3 saturated carbocycles. The van der Waals surface area contributed by atoms with Gasteiger partial charge in [0.25, 0.3) is 0 Å². The van der Waals surface area contributed by atoms with Gasteiger partial charge in [-0.25, -0.2) is 4.39 Å². The van der Waals surface area contributed by atoms with Crippen molar-refractivity contribution < 1.29 is 4.39 Å². The number of aryl methyl sites for hydroxylation is 1. The van der Waals surface area contributed by atoms with Crippen LogP contribution in [0.1, 0.15) is 108 Å². The van der Waals surface area contributed by atoms with E-state index >= 15 is 0 Å². The Balaban J connectivity index is 1.44. The minimum Gasteiger partial charge on any atom is -0.206 e. The number of hydrogen-bond acceptors (Lipinski definition) is 1. The third-order valence-corrected chi connectivity index (χ3v) is 7.72. The van der Waals surface area contributed by atoms with Crippen molar-refractivity contribution in [3.05, 3.63) is 35.1 Å². The van der Waals surface area contributed by atoms with Gasteiger partial charge in [0.1, 0.15) is 11.9 Å². The normalized spacial score (nSPS) is 26.9. The van der Waals surface area contributed by atoms with Crippen LogP contribution in [0.15, 0.2) is 18.2 Å². The molecule has 0 aromatic heterocycles. The lowest BCUT2D eigenvalue weighted by Gasteiger charge is -2.54. The summed E-state index contributed by atoms with van der Waals surface area (Å²) in [6, 6.07) is 7.06. The first kappa shape index (κ1) is 20.4. The first-order chi connectivity index (χ1) is 13.1. The van der Waals surface area contributed by atoms with Crippen molar-refractivity contribution >= 4 is 0 Å². The van der Waals surface area contributed by atoms with Crippen molar-refractivity contribution in [2.75, 3.05) is 0 Å². The van der Waals surface area contributed by atoms with Crippen LogP contribution in [-0.4, -0.2) is 0 Å². The second-order valence-electron chi connectivity index (χ2n) is 9.44. The molecule has 3 aliphatic carbocycles. The minimum atomic E-state index is -0.363. The summed E-state index contributed by atoms with van der Waals surface area (Å²) in [7, 11) is 0. The maximum atomic E-state index is 13.8. The van der Waals surface area contributed by atoms with E-state index in [1.807, 2.05) is 12.1 Å². The minimum absolute atomic E-state index is 0.159. The second-order valence-corrected chi connectivity index (χ2v) is 9.44. The van der Waals surface area contributed by atoms with Crippen LogP contribution in [0.25, 0.3) is 0 Å². The van der Waals surface area contributed by atoms with Gasteiger partial charge in [0.15, 0.2) is 0 Å². The second kappa shape index (κ2) is 9.22. The van der Waals surface area contributed by atoms with Crippen molar-refractivity contribution in [3.63, 3.8) is 0 Å². The fourth-order valence-electron chi connectivity index (χ4n) is 5.59. The van der Waals surface area contributed by atoms with Gasteiger partial charge in [-0.3, -0.25) is 0 Å². The van der Waals surface area contributed by atoms with E-state index in [2.05, 4.69) is 6.92 Å². The highest BCUT2D eigenvalue weighted by atomic mass is 19.1. The van der Waals surface area contributed by atoms with Crippen LogP contribution >= 0.6 is 0 Å². The van der Waals surface area contributed by atoms with Gasteiger partial charge in [0, 0.05) is 0 Å². The summed E-state index contributed by atoms with van der Waals surface area (Å²) in [5, 5.41) is 8.88. The number of nitrogens with zero attached hydrogens (tertiary/aromatic N) is 1. The zero-order valence-corrected chi connectivity index (χ0v) is 17.2. The van der Waals surface area contributed by atoms with E-state index in [0.717, 1.165) is 12.0 Å². The average molecular weight is 370 g/mol. The van der Waals surface area contributed by atoms with Gasteiger partial charge in [0.05, 0.1) is 5.56 Å². The molecule has 2 bridgehead atoms. The van der Waals surface area contributed by atoms with E-state index in [1.165, 1.54) is 89.9 Å². The maximum Gasteiger partial charge on any atom is 0.141 e. The van der Waals surface area contributed by atoms with E-state index in [-0.39, 0.29) is 11.4 Å². The van der Waals surface area contributed by atoms with Crippen LogP contribution in [0.5, 0.6) is 0 Å². The number of hydrogen-bond donors (Lipinski definition) is 0. The van der Waals surface area contributed by atoms with Crippen molar-refractivity contribution in [2.24, 2.45) is 10.8 Å². The van der Waals surface area contributed by atoms with E-state index in [9.17, 15) is 4.39 Å². The number of benzene rings is 1. The number of fused-ring (bicyclic) bond motifs is 3. The molecule has 0 aliphatic heterocycles. The molecule has 0 amide bonds. The predicted octanol–water partition coefficient (Wildman–Crippen LogP) is 7.72. The maximum absolute atomic E-state index is 13.8. The Kier molecular flexibility index (Phi) is 6.96. The Morgan fingerprint density at radius 3 is 2.07 bits per heavy atom. The summed E-state index contributed by atoms with van der Waals surface area (Å²) < 4.78 is 13.8. The molecule has 27 heavy (non-hydrogen) atoms. The topological polar surface area (TPSA) is 23.8 Å². The van der Waals surface area contributed by atoms with Gasteiger partial charge >= 0.3 is 0 Å². The molecule has 0 unspecified atom stereocenters. The van der Waals surface area contributed by atoms with Crippen LogP contribution < -0.4 is 0 Å². The number of unbranched alkanes of at least 4 members (excludes halogenated alkanes) is 5. The van der Waals surface area contributed by atoms with Crippen LogP contribution in [-0.2, 0) is 6.42 Å². The highest BCUT2D eigenvalue weighted by molar-refractivity contribution is 5.33. The van der Waals surface area contributed by atoms with Crippen molar-refractivity contribution in [1.29, 1.82) is 5.26 Å². The zero-order chi connectivity index (χ0) is 19.2. The molecule has 0 atom stereocenters. The van der Waals surface area contributed by atoms with E-state index in [1.54, 1.807) is 12.1 Å². The molecule has 0 N–H and O–H groups in total. The Hall–Kier alpha value is -1.36. The first-order valence-electron chi connectivity index (χ1n) is 11.3. The lowest BCUT2D eigenvalue weighted by Crippen LogP contribution is -2.41. The smallest absolute Gasteiger partial charge is 0.141 e. The van der Waals surface area contributed by atoms with Crippen molar-refractivity contribution in [3.8, 4) is 6.07 Å². The fraction of sp³-hybridized carbons (Fsp3) is 0.720. The highest BCUT2D eigenvalue weighted by Crippen LogP contribution is 2.60. The van der Waals surface area contributed by atoms with E-state index < -0.39 is 0 Å². The summed E-state index contributed by atoms with van der Waals surface area (Å²) >= 11 is 0. The Morgan fingerprint density at radius 1 is 0.889 bits per heavy atom. The van der Waals surface area contributed by atoms with Gasteiger partial charge in [-0.05, 0) is 86.3 Å². The molecule has 0 saturated heterocycles. The lowest BCUT2D eigenvalue weighted by atomic mass is 9.51. The molecule has 4 rings (SSSR count). The zero-order valence-electron chi connectivity index (χ0n) is 17.2. The first-order valence-corrected chi connectivity index (χ1v) is 11.3. The Bertz CT molecular complexity index is 632. The molecule has 0 spiro atoms. The number of nitriles is 1. The van der Waals surface area contributed by atoms with Crippen LogP contribution in [0, 0.1) is 28.0 Å². The molecule has 148 valence electrons. The Labute approximate surface area is 165 Å². The molecule has 0 radical (unpaired) electrons. The molecule has 1 aromatic rings. The largest absolute Gasteiger partial charge is 0.206 e. The molecule has 2 heteroatoms. The number of halogens is 1. The molecular weight excluding hydrogens is 333 g/mol. The third-order valence-electron chi connectivity index (χ3n) is 7.72. The molecule has 3 aliphatic rings. The van der Waals surface area contributed by atoms with Crippen molar-refractivity contribution in [1.82, 2.24) is 0 Å². The van der Waals surface area contributed by atoms with Crippen LogP contribution in [0.4, 0.5) is 4.39 Å². The van der Waals surface area contributed by atoms with E-state index in [0.29, 0.717) is 10.8 Å². The molecule has 0 heterocycles. The monoisotopic (exact) mass is 369 g/mol. The molecule has 1 aromatic carbocycles. The summed E-state index contributed by atoms with van der Waals surface area (Å²) in [4.78, 5) is 0. The standard InChI is InChI=1S/C25H36FN/c1-2-3-4-5-6-7-11-24-13-16-25(17-14-24,18-15-24)12-10-21-8-9-22(20-27)23(26)19-21/h8-9,19H,2-7,10-18H2,1H3. The molecular formula is C25H36FN. The highest BCUT2D eigenvalue weighted by Gasteiger charge is 2.47. The van der Waals surface area contributed by atoms with Gasteiger partial charge in [-0.2, -0.15) is 5.26 Å². The fourth-order valence-corrected chi connectivity index (χ4v) is 5.59.